The van der Waals surface area contributed by atoms with Gasteiger partial charge in [-0.25, -0.2) is 8.42 Å². The van der Waals surface area contributed by atoms with Crippen LogP contribution in [0.3, 0.4) is 0 Å². The number of sulfonamides is 1. The van der Waals surface area contributed by atoms with Crippen molar-refractivity contribution in [2.45, 2.75) is 37.0 Å². The highest BCUT2D eigenvalue weighted by Gasteiger charge is 2.47. The number of carbonyl (C=O) groups is 2. The molecule has 0 spiro atoms. The van der Waals surface area contributed by atoms with Gasteiger partial charge >= 0.3 is 5.97 Å². The van der Waals surface area contributed by atoms with Gasteiger partial charge in [0.2, 0.25) is 10.0 Å². The lowest BCUT2D eigenvalue weighted by Crippen LogP contribution is -2.43. The fraction of sp³-hybridized carbons (Fsp3) is 0.500. The third kappa shape index (κ3) is 3.88. The molecule has 1 aromatic rings. The van der Waals surface area contributed by atoms with E-state index in [4.69, 9.17) is 16.3 Å². The molecule has 28 heavy (non-hydrogen) atoms. The smallest absolute Gasteiger partial charge is 0.308 e. The van der Waals surface area contributed by atoms with Gasteiger partial charge in [-0.15, -0.1) is 6.58 Å². The van der Waals surface area contributed by atoms with Crippen LogP contribution in [0.4, 0.5) is 0 Å². The average molecular weight is 426 g/mol. The van der Waals surface area contributed by atoms with E-state index in [-0.39, 0.29) is 29.4 Å². The van der Waals surface area contributed by atoms with Crippen molar-refractivity contribution < 1.29 is 22.7 Å². The molecule has 4 unspecified atom stereocenters. The summed E-state index contributed by atoms with van der Waals surface area (Å²) in [6.45, 7) is 4.14. The molecule has 1 heterocycles. The fourth-order valence-corrected chi connectivity index (χ4v) is 6.66. The van der Waals surface area contributed by atoms with E-state index in [1.54, 1.807) is 22.5 Å². The van der Waals surface area contributed by atoms with Crippen molar-refractivity contribution in [3.8, 4) is 0 Å². The normalized spacial score (nSPS) is 26.3. The van der Waals surface area contributed by atoms with Crippen molar-refractivity contribution in [1.82, 2.24) is 4.31 Å². The molecule has 0 radical (unpaired) electrons. The number of ether oxygens (including phenoxy) is 1. The summed E-state index contributed by atoms with van der Waals surface area (Å²) in [5.41, 5.74) is 0.715. The van der Waals surface area contributed by atoms with Crippen LogP contribution in [0, 0.1) is 11.8 Å². The number of nitrogens with zero attached hydrogens (tertiary/aromatic N) is 1. The largest absolute Gasteiger partial charge is 0.469 e. The summed E-state index contributed by atoms with van der Waals surface area (Å²) in [5, 5.41) is -1.59. The Kier molecular flexibility index (Phi) is 6.27. The van der Waals surface area contributed by atoms with Crippen molar-refractivity contribution in [2.75, 3.05) is 13.7 Å². The minimum absolute atomic E-state index is 0.119. The zero-order valence-corrected chi connectivity index (χ0v) is 17.3. The summed E-state index contributed by atoms with van der Waals surface area (Å²) in [4.78, 5) is 23.3. The third-order valence-electron chi connectivity index (χ3n) is 5.87. The topological polar surface area (TPSA) is 80.8 Å². The molecule has 8 heteroatoms. The molecule has 2 aliphatic rings. The van der Waals surface area contributed by atoms with Gasteiger partial charge in [0.05, 0.1) is 13.0 Å². The third-order valence-corrected chi connectivity index (χ3v) is 8.30. The number of esters is 1. The van der Waals surface area contributed by atoms with Gasteiger partial charge in [-0.2, -0.15) is 4.31 Å². The van der Waals surface area contributed by atoms with Gasteiger partial charge in [-0.05, 0) is 54.8 Å². The maximum atomic E-state index is 13.4. The van der Waals surface area contributed by atoms with Crippen molar-refractivity contribution in [1.29, 1.82) is 0 Å². The molecule has 0 aromatic heterocycles. The van der Waals surface area contributed by atoms with Crippen LogP contribution in [0.1, 0.15) is 46.9 Å². The van der Waals surface area contributed by atoms with Crippen LogP contribution >= 0.6 is 11.6 Å². The molecule has 1 aliphatic carbocycles. The van der Waals surface area contributed by atoms with E-state index < -0.39 is 20.5 Å². The molecule has 1 aromatic carbocycles. The molecule has 0 bridgehead atoms. The quantitative estimate of drug-likeness (QED) is 0.397. The van der Waals surface area contributed by atoms with Gasteiger partial charge in [0.1, 0.15) is 5.25 Å². The second-order valence-corrected chi connectivity index (χ2v) is 9.71. The Morgan fingerprint density at radius 2 is 2.07 bits per heavy atom. The Balaban J connectivity index is 1.84. The summed E-state index contributed by atoms with van der Waals surface area (Å²) in [6.07, 6.45) is 4.02. The van der Waals surface area contributed by atoms with Gasteiger partial charge < -0.3 is 4.74 Å². The first-order valence-corrected chi connectivity index (χ1v) is 11.2. The molecule has 4 atom stereocenters. The van der Waals surface area contributed by atoms with Gasteiger partial charge in [0, 0.05) is 18.2 Å². The van der Waals surface area contributed by atoms with Crippen molar-refractivity contribution in [3.63, 3.8) is 0 Å². The molecule has 2 fully saturated rings. The SMILES string of the molecule is C=CC(c1cccc(C(=O)Cl)c1)S(=O)(=O)N1CCC2CC(C(=O)OC)CCC21. The van der Waals surface area contributed by atoms with E-state index in [0.29, 0.717) is 31.4 Å². The molecule has 6 nitrogen and oxygen atoms in total. The van der Waals surface area contributed by atoms with E-state index in [1.165, 1.54) is 19.3 Å². The number of hydrogen-bond donors (Lipinski definition) is 0. The van der Waals surface area contributed by atoms with Crippen LogP contribution in [0.15, 0.2) is 36.9 Å². The maximum Gasteiger partial charge on any atom is 0.308 e. The number of benzene rings is 1. The first-order chi connectivity index (χ1) is 13.3. The highest BCUT2D eigenvalue weighted by Crippen LogP contribution is 2.43. The van der Waals surface area contributed by atoms with E-state index in [9.17, 15) is 18.0 Å². The highest BCUT2D eigenvalue weighted by atomic mass is 35.5. The zero-order valence-electron chi connectivity index (χ0n) is 15.7. The van der Waals surface area contributed by atoms with Gasteiger partial charge in [-0.1, -0.05) is 24.3 Å². The number of halogens is 1. The predicted octanol–water partition coefficient (Wildman–Crippen LogP) is 3.29. The molecule has 0 amide bonds. The Labute approximate surface area is 170 Å². The molecule has 0 N–H and O–H groups in total. The Hall–Kier alpha value is -1.70. The second-order valence-electron chi connectivity index (χ2n) is 7.36. The van der Waals surface area contributed by atoms with Crippen LogP contribution < -0.4 is 0 Å². The molecule has 1 saturated heterocycles. The predicted molar refractivity (Wildman–Crippen MR) is 106 cm³/mol. The number of methoxy groups -OCH3 is 1. The summed E-state index contributed by atoms with van der Waals surface area (Å²) < 4.78 is 33.3. The number of carbonyl (C=O) groups excluding carboxylic acids is 2. The Bertz CT molecular complexity index is 884. The minimum atomic E-state index is -3.72. The summed E-state index contributed by atoms with van der Waals surface area (Å²) in [5.74, 6) is -0.226. The van der Waals surface area contributed by atoms with Crippen molar-refractivity contribution >= 4 is 32.8 Å². The fourth-order valence-electron chi connectivity index (χ4n) is 4.51. The first-order valence-electron chi connectivity index (χ1n) is 9.30. The monoisotopic (exact) mass is 425 g/mol. The van der Waals surface area contributed by atoms with Crippen LogP contribution in [0.2, 0.25) is 0 Å². The van der Waals surface area contributed by atoms with Crippen molar-refractivity contribution in [3.05, 3.63) is 48.0 Å². The average Bonchev–Trinajstić information content (AvgIpc) is 3.12. The van der Waals surface area contributed by atoms with Crippen LogP contribution in [-0.4, -0.2) is 43.6 Å². The standard InChI is InChI=1S/C20H24ClNO5S/c1-3-18(14-5-4-6-15(12-14)19(21)23)28(25,26)22-10-9-13-11-16(20(24)27-2)7-8-17(13)22/h3-6,12-13,16-18H,1,7-11H2,2H3. The molecule has 1 saturated carbocycles. The number of rotatable bonds is 6. The second kappa shape index (κ2) is 8.35. The summed E-state index contributed by atoms with van der Waals surface area (Å²) in [6, 6.07) is 6.21. The number of fused-ring (bicyclic) bond motifs is 1. The van der Waals surface area contributed by atoms with Crippen LogP contribution in [0.5, 0.6) is 0 Å². The summed E-state index contributed by atoms with van der Waals surface area (Å²) in [7, 11) is -2.33. The molecular formula is C20H24ClNO5S. The maximum absolute atomic E-state index is 13.4. The van der Waals surface area contributed by atoms with Crippen LogP contribution in [0.25, 0.3) is 0 Å². The van der Waals surface area contributed by atoms with Crippen molar-refractivity contribution in [2.24, 2.45) is 11.8 Å². The van der Waals surface area contributed by atoms with Crippen LogP contribution in [-0.2, 0) is 19.6 Å². The van der Waals surface area contributed by atoms with Gasteiger partial charge in [0.15, 0.2) is 0 Å². The minimum Gasteiger partial charge on any atom is -0.469 e. The number of hydrogen-bond acceptors (Lipinski definition) is 5. The zero-order chi connectivity index (χ0) is 20.5. The molecule has 1 aliphatic heterocycles. The lowest BCUT2D eigenvalue weighted by atomic mass is 9.78. The van der Waals surface area contributed by atoms with Gasteiger partial charge in [-0.3, -0.25) is 9.59 Å². The highest BCUT2D eigenvalue weighted by molar-refractivity contribution is 7.89. The van der Waals surface area contributed by atoms with E-state index in [1.807, 2.05) is 0 Å². The van der Waals surface area contributed by atoms with E-state index in [2.05, 4.69) is 6.58 Å². The summed E-state index contributed by atoms with van der Waals surface area (Å²) >= 11 is 5.54. The van der Waals surface area contributed by atoms with E-state index >= 15 is 0 Å². The molecule has 152 valence electrons. The van der Waals surface area contributed by atoms with E-state index in [0.717, 1.165) is 6.42 Å². The molecule has 3 rings (SSSR count). The Morgan fingerprint density at radius 1 is 1.32 bits per heavy atom. The molecular weight excluding hydrogens is 402 g/mol. The lowest BCUT2D eigenvalue weighted by Gasteiger charge is -2.35. The Morgan fingerprint density at radius 3 is 2.71 bits per heavy atom. The van der Waals surface area contributed by atoms with Gasteiger partial charge in [0.25, 0.3) is 5.24 Å². The lowest BCUT2D eigenvalue weighted by molar-refractivity contribution is -0.147. The first kappa shape index (κ1) is 21.0.